The van der Waals surface area contributed by atoms with E-state index in [-0.39, 0.29) is 0 Å². The van der Waals surface area contributed by atoms with Crippen LogP contribution in [0, 0.1) is 0 Å². The van der Waals surface area contributed by atoms with Crippen molar-refractivity contribution in [3.63, 3.8) is 0 Å². The van der Waals surface area contributed by atoms with Crippen molar-refractivity contribution in [3.05, 3.63) is 11.8 Å². The Morgan fingerprint density at radius 3 is 3.18 bits per heavy atom. The average Bonchev–Trinajstić information content (AvgIpc) is 2.06. The van der Waals surface area contributed by atoms with Gasteiger partial charge in [-0.2, -0.15) is 0 Å². The van der Waals surface area contributed by atoms with Gasteiger partial charge in [-0.1, -0.05) is 12.1 Å². The Hall–Kier alpha value is -0.830. The van der Waals surface area contributed by atoms with Gasteiger partial charge < -0.3 is 10.2 Å². The molecule has 0 unspecified atom stereocenters. The van der Waals surface area contributed by atoms with E-state index < -0.39 is 0 Å². The van der Waals surface area contributed by atoms with Gasteiger partial charge in [0.1, 0.15) is 6.26 Å². The molecule has 0 amide bonds. The predicted molar refractivity (Wildman–Crippen MR) is 45.4 cm³/mol. The Labute approximate surface area is 67.1 Å². The van der Waals surface area contributed by atoms with Gasteiger partial charge >= 0.3 is 0 Å². The van der Waals surface area contributed by atoms with Crippen LogP contribution in [0.2, 0.25) is 0 Å². The molecule has 1 rings (SSSR count). The minimum atomic E-state index is 0.817. The molecule has 0 radical (unpaired) electrons. The van der Waals surface area contributed by atoms with E-state index in [9.17, 15) is 0 Å². The number of nitrogens with zero attached hydrogens (tertiary/aromatic N) is 1. The molecule has 0 fully saturated rings. The molecule has 1 N–H and O–H groups in total. The average molecular weight is 154 g/mol. The summed E-state index contributed by atoms with van der Waals surface area (Å²) in [5.74, 6) is 0. The SMILES string of the molecule is CCC1=CON=C(CNC)C1. The first-order valence-corrected chi connectivity index (χ1v) is 3.91. The minimum absolute atomic E-state index is 0.817. The molecule has 1 aliphatic rings. The molecule has 0 aromatic carbocycles. The van der Waals surface area contributed by atoms with Crippen molar-refractivity contribution in [2.45, 2.75) is 19.8 Å². The van der Waals surface area contributed by atoms with Gasteiger partial charge in [0.2, 0.25) is 0 Å². The maximum Gasteiger partial charge on any atom is 0.121 e. The van der Waals surface area contributed by atoms with Crippen LogP contribution in [-0.4, -0.2) is 19.3 Å². The maximum absolute atomic E-state index is 4.92. The van der Waals surface area contributed by atoms with Gasteiger partial charge in [-0.15, -0.1) is 0 Å². The topological polar surface area (TPSA) is 33.6 Å². The van der Waals surface area contributed by atoms with Crippen LogP contribution in [0.4, 0.5) is 0 Å². The molecule has 0 spiro atoms. The Morgan fingerprint density at radius 1 is 1.73 bits per heavy atom. The number of allylic oxidation sites excluding steroid dienone is 1. The van der Waals surface area contributed by atoms with E-state index in [4.69, 9.17) is 4.84 Å². The molecular formula is C8H14N2O. The van der Waals surface area contributed by atoms with Gasteiger partial charge in [0.25, 0.3) is 0 Å². The van der Waals surface area contributed by atoms with Crippen molar-refractivity contribution in [3.8, 4) is 0 Å². The molecule has 0 aliphatic carbocycles. The molecule has 3 nitrogen and oxygen atoms in total. The van der Waals surface area contributed by atoms with Crippen LogP contribution in [0.1, 0.15) is 19.8 Å². The van der Waals surface area contributed by atoms with Gasteiger partial charge in [-0.25, -0.2) is 0 Å². The highest BCUT2D eigenvalue weighted by molar-refractivity contribution is 5.88. The summed E-state index contributed by atoms with van der Waals surface area (Å²) in [6, 6.07) is 0. The van der Waals surface area contributed by atoms with Crippen LogP contribution in [0.5, 0.6) is 0 Å². The fourth-order valence-electron chi connectivity index (χ4n) is 1.02. The maximum atomic E-state index is 4.92. The second kappa shape index (κ2) is 4.13. The molecule has 11 heavy (non-hydrogen) atoms. The Kier molecular flexibility index (Phi) is 3.11. The second-order valence-corrected chi connectivity index (χ2v) is 2.60. The van der Waals surface area contributed by atoms with Crippen molar-refractivity contribution in [2.75, 3.05) is 13.6 Å². The van der Waals surface area contributed by atoms with Crippen LogP contribution >= 0.6 is 0 Å². The third kappa shape index (κ3) is 2.35. The van der Waals surface area contributed by atoms with E-state index in [2.05, 4.69) is 17.4 Å². The van der Waals surface area contributed by atoms with E-state index in [1.54, 1.807) is 6.26 Å². The van der Waals surface area contributed by atoms with Gasteiger partial charge in [-0.3, -0.25) is 0 Å². The minimum Gasteiger partial charge on any atom is -0.365 e. The van der Waals surface area contributed by atoms with Crippen LogP contribution < -0.4 is 5.32 Å². The summed E-state index contributed by atoms with van der Waals surface area (Å²) in [7, 11) is 1.91. The Balaban J connectivity index is 2.41. The highest BCUT2D eigenvalue weighted by Gasteiger charge is 2.07. The number of hydrogen-bond acceptors (Lipinski definition) is 3. The molecule has 3 heteroatoms. The third-order valence-corrected chi connectivity index (χ3v) is 1.67. The summed E-state index contributed by atoms with van der Waals surface area (Å²) in [5, 5.41) is 6.94. The van der Waals surface area contributed by atoms with Crippen molar-refractivity contribution in [2.24, 2.45) is 5.16 Å². The Morgan fingerprint density at radius 2 is 2.55 bits per heavy atom. The summed E-state index contributed by atoms with van der Waals surface area (Å²) in [4.78, 5) is 4.92. The summed E-state index contributed by atoms with van der Waals surface area (Å²) in [6.45, 7) is 2.94. The number of hydrogen-bond donors (Lipinski definition) is 1. The lowest BCUT2D eigenvalue weighted by Gasteiger charge is -2.11. The van der Waals surface area contributed by atoms with Gasteiger partial charge in [0, 0.05) is 13.0 Å². The zero-order valence-electron chi connectivity index (χ0n) is 7.05. The first-order valence-electron chi connectivity index (χ1n) is 3.91. The molecule has 0 bridgehead atoms. The summed E-state index contributed by atoms with van der Waals surface area (Å²) < 4.78 is 0. The van der Waals surface area contributed by atoms with Crippen LogP contribution in [-0.2, 0) is 4.84 Å². The van der Waals surface area contributed by atoms with E-state index in [0.717, 1.165) is 25.1 Å². The smallest absolute Gasteiger partial charge is 0.121 e. The third-order valence-electron chi connectivity index (χ3n) is 1.67. The molecule has 1 heterocycles. The van der Waals surface area contributed by atoms with Crippen molar-refractivity contribution < 1.29 is 4.84 Å². The number of nitrogens with one attached hydrogen (secondary N) is 1. The van der Waals surface area contributed by atoms with E-state index in [1.165, 1.54) is 5.57 Å². The lowest BCUT2D eigenvalue weighted by molar-refractivity contribution is 0.256. The lowest BCUT2D eigenvalue weighted by Crippen LogP contribution is -2.20. The fourth-order valence-corrected chi connectivity index (χ4v) is 1.02. The molecule has 0 aromatic heterocycles. The van der Waals surface area contributed by atoms with Crippen molar-refractivity contribution >= 4 is 5.71 Å². The number of oxime groups is 1. The molecular weight excluding hydrogens is 140 g/mol. The van der Waals surface area contributed by atoms with Crippen molar-refractivity contribution in [1.29, 1.82) is 0 Å². The van der Waals surface area contributed by atoms with Crippen LogP contribution in [0.25, 0.3) is 0 Å². The highest BCUT2D eigenvalue weighted by Crippen LogP contribution is 2.12. The van der Waals surface area contributed by atoms with Gasteiger partial charge in [0.05, 0.1) is 5.71 Å². The molecule has 1 aliphatic heterocycles. The van der Waals surface area contributed by atoms with E-state index in [0.29, 0.717) is 0 Å². The summed E-state index contributed by atoms with van der Waals surface area (Å²) in [6.07, 6.45) is 3.74. The first-order chi connectivity index (χ1) is 5.36. The summed E-state index contributed by atoms with van der Waals surface area (Å²) >= 11 is 0. The zero-order chi connectivity index (χ0) is 8.10. The quantitative estimate of drug-likeness (QED) is 0.664. The standard InChI is InChI=1S/C8H14N2O/c1-3-7-4-8(5-9-2)10-11-6-7/h6,9H,3-5H2,1-2H3. The molecule has 62 valence electrons. The van der Waals surface area contributed by atoms with E-state index in [1.807, 2.05) is 7.05 Å². The molecule has 0 saturated carbocycles. The van der Waals surface area contributed by atoms with Crippen LogP contribution in [0.15, 0.2) is 17.0 Å². The summed E-state index contributed by atoms with van der Waals surface area (Å²) in [5.41, 5.74) is 2.39. The molecule has 0 aromatic rings. The largest absolute Gasteiger partial charge is 0.365 e. The van der Waals surface area contributed by atoms with Crippen LogP contribution in [0.3, 0.4) is 0 Å². The lowest BCUT2D eigenvalue weighted by atomic mass is 10.1. The monoisotopic (exact) mass is 154 g/mol. The highest BCUT2D eigenvalue weighted by atomic mass is 16.6. The van der Waals surface area contributed by atoms with Crippen molar-refractivity contribution in [1.82, 2.24) is 5.32 Å². The normalized spacial score (nSPS) is 16.9. The second-order valence-electron chi connectivity index (χ2n) is 2.60. The first kappa shape index (κ1) is 8.27. The Bertz CT molecular complexity index is 185. The molecule has 0 atom stereocenters. The van der Waals surface area contributed by atoms with Gasteiger partial charge in [-0.05, 0) is 19.0 Å². The molecule has 0 saturated heterocycles. The number of rotatable bonds is 3. The van der Waals surface area contributed by atoms with E-state index >= 15 is 0 Å². The zero-order valence-corrected chi connectivity index (χ0v) is 7.05. The predicted octanol–water partition coefficient (Wildman–Crippen LogP) is 1.28. The van der Waals surface area contributed by atoms with Gasteiger partial charge in [0.15, 0.2) is 0 Å². The fraction of sp³-hybridized carbons (Fsp3) is 0.625.